The van der Waals surface area contributed by atoms with Crippen LogP contribution in [0.1, 0.15) is 42.8 Å². The van der Waals surface area contributed by atoms with Crippen molar-refractivity contribution in [3.63, 3.8) is 0 Å². The zero-order chi connectivity index (χ0) is 31.1. The van der Waals surface area contributed by atoms with E-state index in [1.54, 1.807) is 43.5 Å². The fraction of sp³-hybridized carbons (Fsp3) is 0.233. The summed E-state index contributed by atoms with van der Waals surface area (Å²) in [5.41, 5.74) is 1.73. The first-order chi connectivity index (χ1) is 20.2. The molecule has 2 heterocycles. The quantitative estimate of drug-likeness (QED) is 0.270. The van der Waals surface area contributed by atoms with Crippen molar-refractivity contribution in [3.8, 4) is 0 Å². The summed E-state index contributed by atoms with van der Waals surface area (Å²) < 4.78 is 50.4. The van der Waals surface area contributed by atoms with Crippen LogP contribution in [0.2, 0.25) is 10.0 Å². The Kier molecular flexibility index (Phi) is 14.4. The number of anilines is 2. The molecule has 0 aliphatic heterocycles. The third-order valence-corrected chi connectivity index (χ3v) is 6.05. The van der Waals surface area contributed by atoms with Gasteiger partial charge in [0.2, 0.25) is 0 Å². The molecule has 0 saturated heterocycles. The fourth-order valence-electron chi connectivity index (χ4n) is 3.44. The number of hydrogen-bond donors (Lipinski definition) is 1. The van der Waals surface area contributed by atoms with E-state index in [1.807, 2.05) is 19.9 Å². The molecule has 12 heteroatoms. The molecule has 6 nitrogen and oxygen atoms in total. The third kappa shape index (κ3) is 10.4. The van der Waals surface area contributed by atoms with Gasteiger partial charge in [-0.1, -0.05) is 61.3 Å². The lowest BCUT2D eigenvalue weighted by Crippen LogP contribution is -2.05. The SMILES string of the molecule is CC.CCl.COC1=Cc2c(ncnc2Nc2ccc(Cl)c(Cl)c2)C=C(OCc2ccccc(C(F)(F)F)nccc2)C1. The Morgan fingerprint density at radius 1 is 0.881 bits per heavy atom. The highest BCUT2D eigenvalue weighted by atomic mass is 35.5. The number of hydrogen-bond acceptors (Lipinski definition) is 6. The summed E-state index contributed by atoms with van der Waals surface area (Å²) in [5, 5.41) is 4.08. The van der Waals surface area contributed by atoms with E-state index in [2.05, 4.69) is 31.9 Å². The minimum atomic E-state index is -4.53. The maximum atomic E-state index is 12.9. The summed E-state index contributed by atoms with van der Waals surface area (Å²) >= 11 is 16.8. The Bertz CT molecular complexity index is 1420. The largest absolute Gasteiger partial charge is 0.501 e. The molecule has 224 valence electrons. The summed E-state index contributed by atoms with van der Waals surface area (Å²) in [5.74, 6) is 1.74. The first kappa shape index (κ1) is 34.7. The van der Waals surface area contributed by atoms with Crippen molar-refractivity contribution in [1.29, 1.82) is 0 Å². The number of rotatable bonds is 6. The van der Waals surface area contributed by atoms with E-state index in [4.69, 9.17) is 32.7 Å². The van der Waals surface area contributed by atoms with Crippen LogP contribution >= 0.6 is 34.8 Å². The number of halogens is 6. The highest BCUT2D eigenvalue weighted by Gasteiger charge is 2.31. The summed E-state index contributed by atoms with van der Waals surface area (Å²) in [6.45, 7) is 4.15. The van der Waals surface area contributed by atoms with Crippen molar-refractivity contribution in [2.45, 2.75) is 33.1 Å². The third-order valence-electron chi connectivity index (χ3n) is 5.31. The van der Waals surface area contributed by atoms with Gasteiger partial charge in [0.15, 0.2) is 0 Å². The number of nitrogens with one attached hydrogen (secondary N) is 1. The van der Waals surface area contributed by atoms with Crippen molar-refractivity contribution >= 4 is 58.5 Å². The van der Waals surface area contributed by atoms with Crippen LogP contribution in [0.25, 0.3) is 12.2 Å². The number of methoxy groups -OCH3 is 1. The van der Waals surface area contributed by atoms with Crippen LogP contribution in [0.5, 0.6) is 0 Å². The summed E-state index contributed by atoms with van der Waals surface area (Å²) in [6.07, 6.45) is 3.44. The minimum absolute atomic E-state index is 0.155. The van der Waals surface area contributed by atoms with Gasteiger partial charge in [-0.15, -0.1) is 11.6 Å². The molecule has 1 aromatic carbocycles. The van der Waals surface area contributed by atoms with Crippen LogP contribution in [-0.2, 0) is 22.3 Å². The number of fused-ring (bicyclic) bond motifs is 1. The van der Waals surface area contributed by atoms with Gasteiger partial charge in [0.1, 0.15) is 36.0 Å². The van der Waals surface area contributed by atoms with Crippen LogP contribution in [-0.4, -0.2) is 28.4 Å². The van der Waals surface area contributed by atoms with Crippen molar-refractivity contribution in [2.24, 2.45) is 0 Å². The van der Waals surface area contributed by atoms with Gasteiger partial charge in [0, 0.05) is 29.9 Å². The van der Waals surface area contributed by atoms with Crippen molar-refractivity contribution in [1.82, 2.24) is 15.0 Å². The van der Waals surface area contributed by atoms with E-state index in [1.165, 1.54) is 30.9 Å². The summed E-state index contributed by atoms with van der Waals surface area (Å²) in [6, 6.07) is 13.6. The van der Waals surface area contributed by atoms with Gasteiger partial charge < -0.3 is 14.8 Å². The van der Waals surface area contributed by atoms with Crippen LogP contribution in [0, 0.1) is 0 Å². The average Bonchev–Trinajstić information content (AvgIpc) is 3.18. The maximum absolute atomic E-state index is 12.9. The van der Waals surface area contributed by atoms with Crippen molar-refractivity contribution in [2.75, 3.05) is 18.8 Å². The van der Waals surface area contributed by atoms with E-state index in [9.17, 15) is 13.2 Å². The van der Waals surface area contributed by atoms with Crippen molar-refractivity contribution < 1.29 is 22.6 Å². The van der Waals surface area contributed by atoms with E-state index < -0.39 is 11.9 Å². The predicted octanol–water partition coefficient (Wildman–Crippen LogP) is 9.90. The van der Waals surface area contributed by atoms with Gasteiger partial charge in [-0.3, -0.25) is 4.98 Å². The normalized spacial score (nSPS) is 11.9. The van der Waals surface area contributed by atoms with Crippen LogP contribution < -0.4 is 5.32 Å². The molecule has 2 aromatic heterocycles. The number of aromatic nitrogens is 3. The van der Waals surface area contributed by atoms with E-state index >= 15 is 0 Å². The predicted molar refractivity (Wildman–Crippen MR) is 164 cm³/mol. The second-order valence-corrected chi connectivity index (χ2v) is 8.79. The molecule has 0 amide bonds. The van der Waals surface area contributed by atoms with Crippen molar-refractivity contribution in [3.05, 3.63) is 111 Å². The van der Waals surface area contributed by atoms with E-state index in [0.717, 1.165) is 17.8 Å². The molecular weight excluding hydrogens is 612 g/mol. The maximum Gasteiger partial charge on any atom is 0.433 e. The first-order valence-corrected chi connectivity index (χ1v) is 14.1. The molecule has 0 saturated carbocycles. The molecule has 0 unspecified atom stereocenters. The van der Waals surface area contributed by atoms with Crippen LogP contribution in [0.4, 0.5) is 24.7 Å². The molecule has 0 radical (unpaired) electrons. The molecule has 0 spiro atoms. The Morgan fingerprint density at radius 2 is 1.60 bits per heavy atom. The second-order valence-electron chi connectivity index (χ2n) is 7.98. The van der Waals surface area contributed by atoms with Gasteiger partial charge in [-0.05, 0) is 42.0 Å². The molecule has 1 aliphatic rings. The summed E-state index contributed by atoms with van der Waals surface area (Å²) in [7, 11) is 1.56. The number of alkyl halides is 4. The number of ether oxygens (including phenoxy) is 2. The highest BCUT2D eigenvalue weighted by molar-refractivity contribution is 6.42. The molecule has 3 aromatic rings. The molecule has 0 fully saturated rings. The molecule has 0 bridgehead atoms. The van der Waals surface area contributed by atoms with Gasteiger partial charge in [-0.25, -0.2) is 9.97 Å². The second kappa shape index (κ2) is 17.4. The standard InChI is InChI=1S/C27H21Cl2F3N4O2.C2H6.CH3Cl/c1-37-19-12-20(38-15-17-5-2-3-7-25(27(30,31)32)33-10-4-6-17)14-24-21(13-19)26(35-16-34-24)36-18-8-9-22(28)23(29)11-18;2*1-2/h2-11,13-14,16H,12,15H2,1H3,(H,34,35,36);1-2H3;1H3. The Balaban J connectivity index is 0.00000148. The lowest BCUT2D eigenvalue weighted by atomic mass is 10.2. The summed E-state index contributed by atoms with van der Waals surface area (Å²) in [4.78, 5) is 12.2. The monoisotopic (exact) mass is 640 g/mol. The molecule has 42 heavy (non-hydrogen) atoms. The Hall–Kier alpha value is -3.53. The lowest BCUT2D eigenvalue weighted by molar-refractivity contribution is -0.141. The topological polar surface area (TPSA) is 69.2 Å². The Labute approximate surface area is 258 Å². The van der Waals surface area contributed by atoms with Gasteiger partial charge in [0.05, 0.1) is 29.3 Å². The molecule has 4 rings (SSSR count). The number of benzene rings is 1. The van der Waals surface area contributed by atoms with Crippen LogP contribution in [0.3, 0.4) is 0 Å². The van der Waals surface area contributed by atoms with Gasteiger partial charge >= 0.3 is 6.18 Å². The molecule has 1 N–H and O–H groups in total. The van der Waals surface area contributed by atoms with Gasteiger partial charge in [-0.2, -0.15) is 13.2 Å². The average molecular weight is 642 g/mol. The van der Waals surface area contributed by atoms with E-state index in [-0.39, 0.29) is 6.61 Å². The van der Waals surface area contributed by atoms with Crippen LogP contribution in [0.15, 0.2) is 78.6 Å². The lowest BCUT2D eigenvalue weighted by Gasteiger charge is -2.11. The fourth-order valence-corrected chi connectivity index (χ4v) is 3.74. The number of nitrogens with zero attached hydrogens (tertiary/aromatic N) is 3. The van der Waals surface area contributed by atoms with E-state index in [0.29, 0.717) is 50.7 Å². The first-order valence-electron chi connectivity index (χ1n) is 12.6. The Morgan fingerprint density at radius 3 is 2.29 bits per heavy atom. The molecular formula is C30H30Cl3F3N4O2. The molecule has 1 aliphatic carbocycles. The molecule has 0 atom stereocenters. The zero-order valence-electron chi connectivity index (χ0n) is 23.3. The van der Waals surface area contributed by atoms with Gasteiger partial charge in [0.25, 0.3) is 0 Å². The highest BCUT2D eigenvalue weighted by Crippen LogP contribution is 2.32. The zero-order valence-corrected chi connectivity index (χ0v) is 25.6. The minimum Gasteiger partial charge on any atom is -0.501 e. The smallest absolute Gasteiger partial charge is 0.433 e.